The third-order valence-electron chi connectivity index (χ3n) is 4.18. The SMILES string of the molecule is Nc1c(C2CCCCC2)c(C(=O)O)nn1-c1ccccc1. The third kappa shape index (κ3) is 2.51. The number of rotatable bonds is 3. The van der Waals surface area contributed by atoms with Gasteiger partial charge in [-0.1, -0.05) is 37.5 Å². The number of hydrogen-bond donors (Lipinski definition) is 2. The minimum Gasteiger partial charge on any atom is -0.476 e. The van der Waals surface area contributed by atoms with E-state index >= 15 is 0 Å². The zero-order valence-electron chi connectivity index (χ0n) is 11.8. The summed E-state index contributed by atoms with van der Waals surface area (Å²) in [5.74, 6) is -0.329. The van der Waals surface area contributed by atoms with Crippen molar-refractivity contribution < 1.29 is 9.90 Å². The molecule has 0 saturated heterocycles. The maximum Gasteiger partial charge on any atom is 0.356 e. The number of nitrogen functional groups attached to an aromatic ring is 1. The van der Waals surface area contributed by atoms with Gasteiger partial charge in [0.15, 0.2) is 5.69 Å². The van der Waals surface area contributed by atoms with E-state index in [9.17, 15) is 9.90 Å². The van der Waals surface area contributed by atoms with Crippen molar-refractivity contribution in [2.24, 2.45) is 0 Å². The Kier molecular flexibility index (Phi) is 3.64. The van der Waals surface area contributed by atoms with E-state index in [0.29, 0.717) is 11.4 Å². The van der Waals surface area contributed by atoms with Gasteiger partial charge in [-0.3, -0.25) is 0 Å². The van der Waals surface area contributed by atoms with Crippen molar-refractivity contribution in [3.63, 3.8) is 0 Å². The first-order valence-electron chi connectivity index (χ1n) is 7.35. The van der Waals surface area contributed by atoms with E-state index in [1.807, 2.05) is 30.3 Å². The molecular weight excluding hydrogens is 266 g/mol. The topological polar surface area (TPSA) is 81.1 Å². The van der Waals surface area contributed by atoms with Gasteiger partial charge in [-0.25, -0.2) is 9.48 Å². The minimum atomic E-state index is -1.00. The van der Waals surface area contributed by atoms with Crippen molar-refractivity contribution >= 4 is 11.8 Å². The van der Waals surface area contributed by atoms with Gasteiger partial charge in [-0.15, -0.1) is 0 Å². The molecule has 0 amide bonds. The van der Waals surface area contributed by atoms with E-state index in [1.165, 1.54) is 6.42 Å². The summed E-state index contributed by atoms with van der Waals surface area (Å²) >= 11 is 0. The van der Waals surface area contributed by atoms with Crippen LogP contribution in [-0.2, 0) is 0 Å². The van der Waals surface area contributed by atoms with Crippen LogP contribution in [0.5, 0.6) is 0 Å². The molecule has 5 nitrogen and oxygen atoms in total. The highest BCUT2D eigenvalue weighted by molar-refractivity contribution is 5.89. The third-order valence-corrected chi connectivity index (χ3v) is 4.18. The maximum absolute atomic E-state index is 11.5. The molecule has 110 valence electrons. The van der Waals surface area contributed by atoms with Crippen LogP contribution in [-0.4, -0.2) is 20.9 Å². The molecule has 3 N–H and O–H groups in total. The summed E-state index contributed by atoms with van der Waals surface area (Å²) in [6.45, 7) is 0. The minimum absolute atomic E-state index is 0.100. The second-order valence-corrected chi connectivity index (χ2v) is 5.53. The number of hydrogen-bond acceptors (Lipinski definition) is 3. The molecule has 1 aliphatic carbocycles. The normalized spacial score (nSPS) is 16.0. The fourth-order valence-corrected chi connectivity index (χ4v) is 3.16. The van der Waals surface area contributed by atoms with Gasteiger partial charge in [-0.05, 0) is 30.9 Å². The van der Waals surface area contributed by atoms with Gasteiger partial charge in [0.05, 0.1) is 5.69 Å². The first-order chi connectivity index (χ1) is 10.2. The summed E-state index contributed by atoms with van der Waals surface area (Å²) in [6, 6.07) is 9.43. The number of nitrogens with two attached hydrogens (primary N) is 1. The lowest BCUT2D eigenvalue weighted by molar-refractivity contribution is 0.0688. The van der Waals surface area contributed by atoms with Crippen LogP contribution in [0, 0.1) is 0 Å². The van der Waals surface area contributed by atoms with Crippen LogP contribution < -0.4 is 5.73 Å². The summed E-state index contributed by atoms with van der Waals surface area (Å²) in [5, 5.41) is 13.7. The molecule has 0 aliphatic heterocycles. The summed E-state index contributed by atoms with van der Waals surface area (Å²) in [5.41, 5.74) is 7.85. The fraction of sp³-hybridized carbons (Fsp3) is 0.375. The molecule has 3 rings (SSSR count). The molecule has 1 aromatic carbocycles. The Bertz CT molecular complexity index is 643. The Morgan fingerprint density at radius 3 is 2.48 bits per heavy atom. The molecule has 0 spiro atoms. The summed E-state index contributed by atoms with van der Waals surface area (Å²) in [6.07, 6.45) is 5.45. The summed E-state index contributed by atoms with van der Waals surface area (Å²) in [4.78, 5) is 11.5. The molecule has 0 atom stereocenters. The average molecular weight is 285 g/mol. The molecule has 2 aromatic rings. The van der Waals surface area contributed by atoms with Gasteiger partial charge in [0.25, 0.3) is 0 Å². The highest BCUT2D eigenvalue weighted by Crippen LogP contribution is 2.38. The van der Waals surface area contributed by atoms with Gasteiger partial charge in [0, 0.05) is 5.56 Å². The van der Waals surface area contributed by atoms with Crippen LogP contribution in [0.2, 0.25) is 0 Å². The Balaban J connectivity index is 2.10. The predicted molar refractivity (Wildman–Crippen MR) is 80.8 cm³/mol. The van der Waals surface area contributed by atoms with Crippen LogP contribution >= 0.6 is 0 Å². The van der Waals surface area contributed by atoms with Crippen molar-refractivity contribution in [2.75, 3.05) is 5.73 Å². The maximum atomic E-state index is 11.5. The Morgan fingerprint density at radius 2 is 1.86 bits per heavy atom. The first-order valence-corrected chi connectivity index (χ1v) is 7.35. The molecule has 1 saturated carbocycles. The number of aromatic nitrogens is 2. The average Bonchev–Trinajstić information content (AvgIpc) is 2.87. The number of para-hydroxylation sites is 1. The number of carboxylic acid groups (broad SMARTS) is 1. The van der Waals surface area contributed by atoms with Crippen molar-refractivity contribution in [3.05, 3.63) is 41.6 Å². The largest absolute Gasteiger partial charge is 0.476 e. The Labute approximate surface area is 123 Å². The molecule has 0 unspecified atom stereocenters. The van der Waals surface area contributed by atoms with Crippen molar-refractivity contribution in [1.29, 1.82) is 0 Å². The Morgan fingerprint density at radius 1 is 1.19 bits per heavy atom. The van der Waals surface area contributed by atoms with E-state index in [2.05, 4.69) is 5.10 Å². The zero-order valence-corrected chi connectivity index (χ0v) is 11.8. The molecule has 0 radical (unpaired) electrons. The van der Waals surface area contributed by atoms with E-state index in [0.717, 1.165) is 31.4 Å². The second-order valence-electron chi connectivity index (χ2n) is 5.53. The number of benzene rings is 1. The smallest absolute Gasteiger partial charge is 0.356 e. The zero-order chi connectivity index (χ0) is 14.8. The molecule has 5 heteroatoms. The van der Waals surface area contributed by atoms with Crippen LogP contribution in [0.3, 0.4) is 0 Å². The predicted octanol–water partition coefficient (Wildman–Crippen LogP) is 3.20. The highest BCUT2D eigenvalue weighted by atomic mass is 16.4. The standard InChI is InChI=1S/C16H19N3O2/c17-15-13(11-7-3-1-4-8-11)14(16(20)21)18-19(15)12-9-5-2-6-10-12/h2,5-6,9-11H,1,3-4,7-8,17H2,(H,20,21). The van der Waals surface area contributed by atoms with Gasteiger partial charge in [0.1, 0.15) is 5.82 Å². The van der Waals surface area contributed by atoms with Crippen LogP contribution in [0.15, 0.2) is 30.3 Å². The molecule has 0 bridgehead atoms. The summed E-state index contributed by atoms with van der Waals surface area (Å²) < 4.78 is 1.55. The van der Waals surface area contributed by atoms with E-state index < -0.39 is 5.97 Å². The molecular formula is C16H19N3O2. The van der Waals surface area contributed by atoms with E-state index in [1.54, 1.807) is 4.68 Å². The molecule has 1 aliphatic rings. The van der Waals surface area contributed by atoms with Gasteiger partial charge < -0.3 is 10.8 Å². The first kappa shape index (κ1) is 13.7. The Hall–Kier alpha value is -2.30. The van der Waals surface area contributed by atoms with Crippen LogP contribution in [0.4, 0.5) is 5.82 Å². The number of aromatic carboxylic acids is 1. The van der Waals surface area contributed by atoms with Gasteiger partial charge >= 0.3 is 5.97 Å². The van der Waals surface area contributed by atoms with Gasteiger partial charge in [0.2, 0.25) is 0 Å². The van der Waals surface area contributed by atoms with Crippen molar-refractivity contribution in [3.8, 4) is 5.69 Å². The number of nitrogens with zero attached hydrogens (tertiary/aromatic N) is 2. The van der Waals surface area contributed by atoms with Gasteiger partial charge in [-0.2, -0.15) is 5.10 Å². The lowest BCUT2D eigenvalue weighted by Crippen LogP contribution is -2.11. The monoisotopic (exact) mass is 285 g/mol. The molecule has 1 fully saturated rings. The van der Waals surface area contributed by atoms with Crippen LogP contribution in [0.25, 0.3) is 5.69 Å². The second kappa shape index (κ2) is 5.60. The molecule has 1 heterocycles. The number of carbonyl (C=O) groups is 1. The summed E-state index contributed by atoms with van der Waals surface area (Å²) in [7, 11) is 0. The van der Waals surface area contributed by atoms with Crippen LogP contribution in [0.1, 0.15) is 54.1 Å². The van der Waals surface area contributed by atoms with E-state index in [-0.39, 0.29) is 11.6 Å². The lowest BCUT2D eigenvalue weighted by atomic mass is 9.83. The highest BCUT2D eigenvalue weighted by Gasteiger charge is 2.28. The quantitative estimate of drug-likeness (QED) is 0.907. The lowest BCUT2D eigenvalue weighted by Gasteiger charge is -2.21. The fourth-order valence-electron chi connectivity index (χ4n) is 3.16. The number of carboxylic acids is 1. The van der Waals surface area contributed by atoms with Crippen molar-refractivity contribution in [1.82, 2.24) is 9.78 Å². The van der Waals surface area contributed by atoms with Crippen molar-refractivity contribution in [2.45, 2.75) is 38.0 Å². The molecule has 21 heavy (non-hydrogen) atoms. The number of anilines is 1. The van der Waals surface area contributed by atoms with E-state index in [4.69, 9.17) is 5.73 Å². The molecule has 1 aromatic heterocycles.